The van der Waals surface area contributed by atoms with Crippen molar-refractivity contribution in [1.29, 1.82) is 0 Å². The molecule has 1 unspecified atom stereocenters. The van der Waals surface area contributed by atoms with Crippen LogP contribution in [0, 0.1) is 6.92 Å². The Morgan fingerprint density at radius 3 is 2.42 bits per heavy atom. The molecule has 0 aliphatic carbocycles. The Bertz CT molecular complexity index is 814. The molecule has 2 rings (SSSR count). The van der Waals surface area contributed by atoms with Crippen LogP contribution in [0.1, 0.15) is 36.1 Å². The molecular weight excluding hydrogens is 324 g/mol. The lowest BCUT2D eigenvalue weighted by atomic mass is 10.1. The van der Waals surface area contributed by atoms with Crippen molar-refractivity contribution in [2.75, 3.05) is 0 Å². The van der Waals surface area contributed by atoms with E-state index in [1.807, 2.05) is 32.0 Å². The normalized spacial score (nSPS) is 12.6. The van der Waals surface area contributed by atoms with Crippen molar-refractivity contribution in [1.82, 2.24) is 5.32 Å². The third kappa shape index (κ3) is 5.18. The minimum atomic E-state index is -3.70. The first-order valence-electron chi connectivity index (χ1n) is 7.73. The molecule has 0 aromatic heterocycles. The van der Waals surface area contributed by atoms with Gasteiger partial charge in [0.15, 0.2) is 0 Å². The Kier molecular flexibility index (Phi) is 5.75. The van der Waals surface area contributed by atoms with Crippen molar-refractivity contribution in [2.45, 2.75) is 37.6 Å². The fourth-order valence-electron chi connectivity index (χ4n) is 2.47. The zero-order valence-electron chi connectivity index (χ0n) is 13.8. The molecule has 0 spiro atoms. The third-order valence-electron chi connectivity index (χ3n) is 3.81. The number of hydrogen-bond acceptors (Lipinski definition) is 3. The van der Waals surface area contributed by atoms with E-state index >= 15 is 0 Å². The zero-order chi connectivity index (χ0) is 17.7. The average Bonchev–Trinajstić information content (AvgIpc) is 2.52. The minimum absolute atomic E-state index is 0.0421. The molecule has 1 amide bonds. The summed E-state index contributed by atoms with van der Waals surface area (Å²) in [6, 6.07) is 14.1. The number of benzene rings is 2. The lowest BCUT2D eigenvalue weighted by Gasteiger charge is -2.15. The quantitative estimate of drug-likeness (QED) is 0.842. The van der Waals surface area contributed by atoms with Gasteiger partial charge in [-0.1, -0.05) is 42.0 Å². The number of carbonyl (C=O) groups is 1. The Hall–Kier alpha value is -2.18. The maximum absolute atomic E-state index is 12.1. The summed E-state index contributed by atoms with van der Waals surface area (Å²) in [6.07, 6.45) is 1.09. The molecule has 0 aliphatic rings. The fourth-order valence-corrected chi connectivity index (χ4v) is 2.98. The second-order valence-corrected chi connectivity index (χ2v) is 7.45. The van der Waals surface area contributed by atoms with E-state index in [1.54, 1.807) is 12.1 Å². The molecule has 0 radical (unpaired) electrons. The summed E-state index contributed by atoms with van der Waals surface area (Å²) >= 11 is 0. The standard InChI is InChI=1S/C18H22N2O3S/c1-13-4-3-5-15(12-13)6-11-18(21)20-14(2)16-7-9-17(10-8-16)24(19,22)23/h3-5,7-10,12,14H,6,11H2,1-2H3,(H,20,21)(H2,19,22,23). The summed E-state index contributed by atoms with van der Waals surface area (Å²) in [5.41, 5.74) is 3.14. The monoisotopic (exact) mass is 346 g/mol. The Labute approximate surface area is 142 Å². The molecule has 0 aliphatic heterocycles. The van der Waals surface area contributed by atoms with Crippen molar-refractivity contribution in [2.24, 2.45) is 5.14 Å². The van der Waals surface area contributed by atoms with Gasteiger partial charge in [-0.05, 0) is 43.5 Å². The Morgan fingerprint density at radius 1 is 1.17 bits per heavy atom. The van der Waals surface area contributed by atoms with Crippen molar-refractivity contribution in [3.8, 4) is 0 Å². The summed E-state index contributed by atoms with van der Waals surface area (Å²) < 4.78 is 22.5. The smallest absolute Gasteiger partial charge is 0.238 e. The van der Waals surface area contributed by atoms with Crippen LogP contribution in [0.2, 0.25) is 0 Å². The van der Waals surface area contributed by atoms with Crippen LogP contribution in [-0.2, 0) is 21.2 Å². The van der Waals surface area contributed by atoms with Gasteiger partial charge >= 0.3 is 0 Å². The van der Waals surface area contributed by atoms with Crippen LogP contribution in [0.5, 0.6) is 0 Å². The fraction of sp³-hybridized carbons (Fsp3) is 0.278. The summed E-state index contributed by atoms with van der Waals surface area (Å²) in [4.78, 5) is 12.1. The molecule has 128 valence electrons. The van der Waals surface area contributed by atoms with Gasteiger partial charge in [-0.3, -0.25) is 4.79 Å². The third-order valence-corrected chi connectivity index (χ3v) is 4.74. The predicted octanol–water partition coefficient (Wildman–Crippen LogP) is 2.45. The molecule has 0 saturated carbocycles. The minimum Gasteiger partial charge on any atom is -0.350 e. The lowest BCUT2D eigenvalue weighted by Crippen LogP contribution is -2.26. The highest BCUT2D eigenvalue weighted by Crippen LogP contribution is 2.16. The van der Waals surface area contributed by atoms with Gasteiger partial charge in [0.25, 0.3) is 0 Å². The largest absolute Gasteiger partial charge is 0.350 e. The van der Waals surface area contributed by atoms with Crippen LogP contribution in [0.4, 0.5) is 0 Å². The maximum Gasteiger partial charge on any atom is 0.238 e. The van der Waals surface area contributed by atoms with Gasteiger partial charge in [0.2, 0.25) is 15.9 Å². The van der Waals surface area contributed by atoms with E-state index in [4.69, 9.17) is 5.14 Å². The summed E-state index contributed by atoms with van der Waals surface area (Å²) in [5.74, 6) is -0.0421. The van der Waals surface area contributed by atoms with Crippen LogP contribution >= 0.6 is 0 Å². The van der Waals surface area contributed by atoms with Gasteiger partial charge in [-0.25, -0.2) is 13.6 Å². The topological polar surface area (TPSA) is 89.3 Å². The van der Waals surface area contributed by atoms with E-state index in [0.717, 1.165) is 11.1 Å². The van der Waals surface area contributed by atoms with E-state index in [-0.39, 0.29) is 16.8 Å². The number of carbonyl (C=O) groups excluding carboxylic acids is 1. The highest BCUT2D eigenvalue weighted by atomic mass is 32.2. The SMILES string of the molecule is Cc1cccc(CCC(=O)NC(C)c2ccc(S(N)(=O)=O)cc2)c1. The van der Waals surface area contributed by atoms with Crippen LogP contribution in [0.25, 0.3) is 0 Å². The molecule has 6 heteroatoms. The number of rotatable bonds is 6. The molecule has 0 saturated heterocycles. The maximum atomic E-state index is 12.1. The Morgan fingerprint density at radius 2 is 1.83 bits per heavy atom. The van der Waals surface area contributed by atoms with E-state index in [1.165, 1.54) is 17.7 Å². The number of nitrogens with two attached hydrogens (primary N) is 1. The van der Waals surface area contributed by atoms with E-state index < -0.39 is 10.0 Å². The van der Waals surface area contributed by atoms with Gasteiger partial charge in [-0.15, -0.1) is 0 Å². The number of nitrogens with one attached hydrogen (secondary N) is 1. The number of amides is 1. The van der Waals surface area contributed by atoms with E-state index in [2.05, 4.69) is 11.4 Å². The first-order chi connectivity index (χ1) is 11.3. The van der Waals surface area contributed by atoms with Crippen molar-refractivity contribution in [3.05, 3.63) is 65.2 Å². The lowest BCUT2D eigenvalue weighted by molar-refractivity contribution is -0.121. The molecular formula is C18H22N2O3S. The highest BCUT2D eigenvalue weighted by molar-refractivity contribution is 7.89. The molecule has 2 aromatic carbocycles. The second-order valence-electron chi connectivity index (χ2n) is 5.89. The van der Waals surface area contributed by atoms with Crippen molar-refractivity contribution in [3.63, 3.8) is 0 Å². The molecule has 5 nitrogen and oxygen atoms in total. The van der Waals surface area contributed by atoms with Crippen molar-refractivity contribution < 1.29 is 13.2 Å². The van der Waals surface area contributed by atoms with Gasteiger partial charge in [0.05, 0.1) is 10.9 Å². The van der Waals surface area contributed by atoms with Gasteiger partial charge in [0, 0.05) is 6.42 Å². The average molecular weight is 346 g/mol. The summed E-state index contributed by atoms with van der Waals surface area (Å²) in [6.45, 7) is 3.88. The number of primary sulfonamides is 1. The van der Waals surface area contributed by atoms with Crippen LogP contribution in [0.3, 0.4) is 0 Å². The molecule has 0 fully saturated rings. The number of aryl methyl sites for hydroxylation is 2. The second kappa shape index (κ2) is 7.59. The molecule has 2 aromatic rings. The molecule has 24 heavy (non-hydrogen) atoms. The highest BCUT2D eigenvalue weighted by Gasteiger charge is 2.12. The van der Waals surface area contributed by atoms with Crippen LogP contribution in [-0.4, -0.2) is 14.3 Å². The van der Waals surface area contributed by atoms with E-state index in [9.17, 15) is 13.2 Å². The first-order valence-corrected chi connectivity index (χ1v) is 9.28. The summed E-state index contributed by atoms with van der Waals surface area (Å²) in [7, 11) is -3.70. The Balaban J connectivity index is 1.91. The summed E-state index contributed by atoms with van der Waals surface area (Å²) in [5, 5.41) is 7.99. The molecule has 0 bridgehead atoms. The number of sulfonamides is 1. The van der Waals surface area contributed by atoms with Crippen LogP contribution < -0.4 is 10.5 Å². The van der Waals surface area contributed by atoms with Gasteiger partial charge < -0.3 is 5.32 Å². The number of hydrogen-bond donors (Lipinski definition) is 2. The molecule has 0 heterocycles. The predicted molar refractivity (Wildman–Crippen MR) is 93.9 cm³/mol. The molecule has 1 atom stereocenters. The van der Waals surface area contributed by atoms with Gasteiger partial charge in [0.1, 0.15) is 0 Å². The van der Waals surface area contributed by atoms with E-state index in [0.29, 0.717) is 12.8 Å². The molecule has 3 N–H and O–H groups in total. The van der Waals surface area contributed by atoms with Gasteiger partial charge in [-0.2, -0.15) is 0 Å². The first kappa shape index (κ1) is 18.2. The van der Waals surface area contributed by atoms with Crippen molar-refractivity contribution >= 4 is 15.9 Å². The zero-order valence-corrected chi connectivity index (χ0v) is 14.6. The van der Waals surface area contributed by atoms with Crippen LogP contribution in [0.15, 0.2) is 53.4 Å².